The Morgan fingerprint density at radius 2 is 2.00 bits per heavy atom. The third-order valence-electron chi connectivity index (χ3n) is 4.84. The predicted octanol–water partition coefficient (Wildman–Crippen LogP) is 1.92. The Kier molecular flexibility index (Phi) is 5.38. The van der Waals surface area contributed by atoms with Crippen molar-refractivity contribution in [1.29, 1.82) is 0 Å². The van der Waals surface area contributed by atoms with Gasteiger partial charge in [-0.2, -0.15) is 0 Å². The van der Waals surface area contributed by atoms with Crippen molar-refractivity contribution in [2.24, 2.45) is 5.92 Å². The summed E-state index contributed by atoms with van der Waals surface area (Å²) in [5.74, 6) is 0.607. The molecule has 144 valence electrons. The average molecular weight is 373 g/mol. The van der Waals surface area contributed by atoms with E-state index in [-0.39, 0.29) is 17.0 Å². The number of nitro groups is 1. The maximum absolute atomic E-state index is 12.3. The number of amides is 1. The number of hydrogen-bond donors (Lipinski definition) is 1. The summed E-state index contributed by atoms with van der Waals surface area (Å²) >= 11 is 0. The van der Waals surface area contributed by atoms with E-state index in [1.165, 1.54) is 12.4 Å². The number of nitro benzene ring substituents is 1. The maximum Gasteiger partial charge on any atom is 0.293 e. The molecule has 1 aliphatic heterocycles. The van der Waals surface area contributed by atoms with Gasteiger partial charge in [0.2, 0.25) is 5.91 Å². The molecule has 1 amide bonds. The van der Waals surface area contributed by atoms with Gasteiger partial charge in [0.25, 0.3) is 11.2 Å². The second-order valence-corrected chi connectivity index (χ2v) is 7.15. The first-order chi connectivity index (χ1) is 12.9. The molecule has 0 atom stereocenters. The normalized spacial score (nSPS) is 14.8. The molecule has 0 aliphatic carbocycles. The summed E-state index contributed by atoms with van der Waals surface area (Å²) in [5, 5.41) is 11.7. The Morgan fingerprint density at radius 1 is 1.30 bits per heavy atom. The number of aromatic amines is 1. The number of carbonyl (C=O) groups excluding carboxylic acids is 1. The molecular formula is C18H23N5O4. The highest BCUT2D eigenvalue weighted by molar-refractivity contribution is 5.87. The highest BCUT2D eigenvalue weighted by Gasteiger charge is 2.27. The Morgan fingerprint density at radius 3 is 2.63 bits per heavy atom. The molecule has 0 unspecified atom stereocenters. The maximum atomic E-state index is 12.3. The van der Waals surface area contributed by atoms with Gasteiger partial charge in [-0.25, -0.2) is 4.98 Å². The smallest absolute Gasteiger partial charge is 0.293 e. The first-order valence-electron chi connectivity index (χ1n) is 9.05. The third kappa shape index (κ3) is 4.07. The topological polar surface area (TPSA) is 112 Å². The number of nitrogens with one attached hydrogen (secondary N) is 1. The molecule has 1 aromatic carbocycles. The van der Waals surface area contributed by atoms with Gasteiger partial charge in [0.05, 0.1) is 22.2 Å². The van der Waals surface area contributed by atoms with Crippen LogP contribution in [0.2, 0.25) is 0 Å². The first kappa shape index (κ1) is 18.8. The van der Waals surface area contributed by atoms with Crippen molar-refractivity contribution >= 4 is 28.2 Å². The van der Waals surface area contributed by atoms with Gasteiger partial charge >= 0.3 is 0 Å². The molecule has 0 spiro atoms. The number of H-pyrrole nitrogens is 1. The number of piperazine rings is 1. The summed E-state index contributed by atoms with van der Waals surface area (Å²) < 4.78 is 0. The number of rotatable bonds is 5. The van der Waals surface area contributed by atoms with Crippen molar-refractivity contribution in [2.45, 2.75) is 26.7 Å². The van der Waals surface area contributed by atoms with Crippen LogP contribution in [0.5, 0.6) is 0 Å². The van der Waals surface area contributed by atoms with Crippen LogP contribution in [0, 0.1) is 16.0 Å². The highest BCUT2D eigenvalue weighted by Crippen LogP contribution is 2.32. The van der Waals surface area contributed by atoms with Gasteiger partial charge in [-0.15, -0.1) is 0 Å². The number of anilines is 1. The lowest BCUT2D eigenvalue weighted by Gasteiger charge is -2.36. The lowest BCUT2D eigenvalue weighted by molar-refractivity contribution is -0.384. The van der Waals surface area contributed by atoms with E-state index in [4.69, 9.17) is 0 Å². The van der Waals surface area contributed by atoms with Crippen LogP contribution in [0.4, 0.5) is 11.4 Å². The fourth-order valence-electron chi connectivity index (χ4n) is 3.26. The van der Waals surface area contributed by atoms with Gasteiger partial charge in [-0.3, -0.25) is 19.7 Å². The van der Waals surface area contributed by atoms with Crippen molar-refractivity contribution < 1.29 is 9.72 Å². The van der Waals surface area contributed by atoms with Crippen LogP contribution in [0.15, 0.2) is 23.3 Å². The van der Waals surface area contributed by atoms with Crippen molar-refractivity contribution in [3.63, 3.8) is 0 Å². The molecule has 2 heterocycles. The lowest BCUT2D eigenvalue weighted by atomic mass is 10.1. The first-order valence-corrected chi connectivity index (χ1v) is 9.05. The SMILES string of the molecule is CC(C)CCC(=O)N1CCN(c2cc3nc[nH]c(=O)c3cc2[N+](=O)[O-])CC1. The minimum absolute atomic E-state index is 0.124. The molecule has 2 aromatic rings. The van der Waals surface area contributed by atoms with E-state index in [2.05, 4.69) is 23.8 Å². The number of fused-ring (bicyclic) bond motifs is 1. The van der Waals surface area contributed by atoms with Crippen LogP contribution in [0.1, 0.15) is 26.7 Å². The minimum Gasteiger partial charge on any atom is -0.362 e. The third-order valence-corrected chi connectivity index (χ3v) is 4.84. The van der Waals surface area contributed by atoms with E-state index in [1.807, 2.05) is 9.80 Å². The summed E-state index contributed by atoms with van der Waals surface area (Å²) in [4.78, 5) is 45.5. The van der Waals surface area contributed by atoms with E-state index in [0.29, 0.717) is 49.7 Å². The molecule has 0 radical (unpaired) electrons. The van der Waals surface area contributed by atoms with Crippen LogP contribution in [0.3, 0.4) is 0 Å². The Labute approximate surface area is 156 Å². The molecular weight excluding hydrogens is 350 g/mol. The van der Waals surface area contributed by atoms with Crippen LogP contribution >= 0.6 is 0 Å². The lowest BCUT2D eigenvalue weighted by Crippen LogP contribution is -2.49. The minimum atomic E-state index is -0.485. The van der Waals surface area contributed by atoms with Gasteiger partial charge in [0.1, 0.15) is 5.69 Å². The molecule has 3 rings (SSSR count). The Hall–Kier alpha value is -2.97. The standard InChI is InChI=1S/C18H23N5O4/c1-12(2)3-4-17(24)22-7-5-21(6-8-22)15-10-14-13(9-16(15)23(26)27)18(25)20-11-19-14/h9-12H,3-8H2,1-2H3,(H,19,20,25). The van der Waals surface area contributed by atoms with Crippen molar-refractivity contribution in [3.05, 3.63) is 38.9 Å². The molecule has 1 aromatic heterocycles. The molecule has 0 saturated carbocycles. The molecule has 1 saturated heterocycles. The van der Waals surface area contributed by atoms with Crippen LogP contribution in [-0.2, 0) is 4.79 Å². The van der Waals surface area contributed by atoms with Crippen molar-refractivity contribution in [2.75, 3.05) is 31.1 Å². The fourth-order valence-corrected chi connectivity index (χ4v) is 3.26. The number of benzene rings is 1. The van der Waals surface area contributed by atoms with Crippen molar-refractivity contribution in [1.82, 2.24) is 14.9 Å². The summed E-state index contributed by atoms with van der Waals surface area (Å²) in [6.07, 6.45) is 2.67. The molecule has 9 heteroatoms. The quantitative estimate of drug-likeness (QED) is 0.633. The zero-order valence-corrected chi connectivity index (χ0v) is 15.5. The highest BCUT2D eigenvalue weighted by atomic mass is 16.6. The van der Waals surface area contributed by atoms with Gasteiger partial charge in [-0.1, -0.05) is 13.8 Å². The number of hydrogen-bond acceptors (Lipinski definition) is 6. The number of nitrogens with zero attached hydrogens (tertiary/aromatic N) is 4. The molecule has 1 N–H and O–H groups in total. The zero-order chi connectivity index (χ0) is 19.6. The second-order valence-electron chi connectivity index (χ2n) is 7.15. The van der Waals surface area contributed by atoms with E-state index >= 15 is 0 Å². The molecule has 1 aliphatic rings. The summed E-state index contributed by atoms with van der Waals surface area (Å²) in [5.41, 5.74) is 0.311. The largest absolute Gasteiger partial charge is 0.362 e. The fraction of sp³-hybridized carbons (Fsp3) is 0.500. The summed E-state index contributed by atoms with van der Waals surface area (Å²) in [7, 11) is 0. The zero-order valence-electron chi connectivity index (χ0n) is 15.5. The Bertz CT molecular complexity index is 916. The summed E-state index contributed by atoms with van der Waals surface area (Å²) in [6.45, 7) is 6.22. The molecule has 0 bridgehead atoms. The average Bonchev–Trinajstić information content (AvgIpc) is 2.65. The van der Waals surface area contributed by atoms with E-state index in [0.717, 1.165) is 6.42 Å². The van der Waals surface area contributed by atoms with Gasteiger partial charge in [0.15, 0.2) is 0 Å². The van der Waals surface area contributed by atoms with Crippen molar-refractivity contribution in [3.8, 4) is 0 Å². The van der Waals surface area contributed by atoms with Crippen LogP contribution < -0.4 is 10.5 Å². The van der Waals surface area contributed by atoms with Gasteiger partial charge in [0, 0.05) is 38.7 Å². The van der Waals surface area contributed by atoms with Crippen LogP contribution in [-0.4, -0.2) is 51.9 Å². The number of aromatic nitrogens is 2. The molecule has 9 nitrogen and oxygen atoms in total. The molecule has 27 heavy (non-hydrogen) atoms. The van der Waals surface area contributed by atoms with E-state index in [9.17, 15) is 19.7 Å². The van der Waals surface area contributed by atoms with Gasteiger partial charge < -0.3 is 14.8 Å². The molecule has 1 fully saturated rings. The Balaban J connectivity index is 1.80. The van der Waals surface area contributed by atoms with E-state index in [1.54, 1.807) is 6.07 Å². The van der Waals surface area contributed by atoms with Gasteiger partial charge in [-0.05, 0) is 18.4 Å². The predicted molar refractivity (Wildman–Crippen MR) is 102 cm³/mol. The summed E-state index contributed by atoms with van der Waals surface area (Å²) in [6, 6.07) is 2.86. The van der Waals surface area contributed by atoms with E-state index < -0.39 is 10.5 Å². The second kappa shape index (κ2) is 7.73. The monoisotopic (exact) mass is 373 g/mol. The number of carbonyl (C=O) groups is 1. The van der Waals surface area contributed by atoms with Crippen LogP contribution in [0.25, 0.3) is 10.9 Å².